The third-order valence-electron chi connectivity index (χ3n) is 3.76. The van der Waals surface area contributed by atoms with Gasteiger partial charge in [0.05, 0.1) is 5.69 Å². The number of rotatable bonds is 4. The highest BCUT2D eigenvalue weighted by Gasteiger charge is 2.57. The molecule has 6 nitrogen and oxygen atoms in total. The molecule has 1 aliphatic carbocycles. The fourth-order valence-corrected chi connectivity index (χ4v) is 2.44. The number of primary amides is 1. The van der Waals surface area contributed by atoms with E-state index in [4.69, 9.17) is 17.3 Å². The minimum Gasteiger partial charge on any atom is -0.369 e. The predicted molar refractivity (Wildman–Crippen MR) is 81.4 cm³/mol. The molecule has 1 aromatic heterocycles. The number of hydrogen-bond acceptors (Lipinski definition) is 4. The molecule has 1 fully saturated rings. The Hall–Kier alpha value is -2.54. The van der Waals surface area contributed by atoms with Crippen molar-refractivity contribution in [3.05, 3.63) is 47.6 Å². The number of nitrogens with zero attached hydrogens (tertiary/aromatic N) is 3. The van der Waals surface area contributed by atoms with Crippen LogP contribution in [0.15, 0.2) is 36.5 Å². The Kier molecular flexibility index (Phi) is 3.73. The van der Waals surface area contributed by atoms with Crippen LogP contribution in [0.1, 0.15) is 12.8 Å². The molecule has 0 saturated heterocycles. The Morgan fingerprint density at radius 3 is 2.39 bits per heavy atom. The van der Waals surface area contributed by atoms with Crippen molar-refractivity contribution in [3.8, 4) is 0 Å². The largest absolute Gasteiger partial charge is 0.369 e. The number of carbonyl (C=O) groups is 2. The Bertz CT molecular complexity index is 777. The van der Waals surface area contributed by atoms with Gasteiger partial charge in [0.2, 0.25) is 17.1 Å². The van der Waals surface area contributed by atoms with Gasteiger partial charge in [0.15, 0.2) is 0 Å². The summed E-state index contributed by atoms with van der Waals surface area (Å²) in [7, 11) is 0. The molecule has 118 valence electrons. The zero-order chi connectivity index (χ0) is 16.6. The van der Waals surface area contributed by atoms with Crippen LogP contribution >= 0.6 is 11.6 Å². The van der Waals surface area contributed by atoms with Crippen LogP contribution in [0.4, 0.5) is 15.9 Å². The molecule has 0 unspecified atom stereocenters. The SMILES string of the molecule is NC(=O)C1(C(=O)N(c2ccc(F)cc2)c2ccnc(Cl)n2)CC1. The summed E-state index contributed by atoms with van der Waals surface area (Å²) in [6.45, 7) is 0. The van der Waals surface area contributed by atoms with Crippen LogP contribution < -0.4 is 10.6 Å². The minimum absolute atomic E-state index is 0.0497. The summed E-state index contributed by atoms with van der Waals surface area (Å²) < 4.78 is 13.2. The van der Waals surface area contributed by atoms with Gasteiger partial charge in [-0.05, 0) is 54.8 Å². The highest BCUT2D eigenvalue weighted by molar-refractivity contribution is 6.28. The standard InChI is InChI=1S/C15H12ClFN4O2/c16-14-19-8-5-11(20-14)21(10-3-1-9(17)2-4-10)13(23)15(6-7-15)12(18)22/h1-5,8H,6-7H2,(H2,18,22). The van der Waals surface area contributed by atoms with Gasteiger partial charge in [-0.25, -0.2) is 9.37 Å². The second kappa shape index (κ2) is 5.58. The Balaban J connectivity index is 2.09. The maximum atomic E-state index is 13.2. The highest BCUT2D eigenvalue weighted by Crippen LogP contribution is 2.48. The lowest BCUT2D eigenvalue weighted by Crippen LogP contribution is -2.41. The van der Waals surface area contributed by atoms with Crippen LogP contribution in [0, 0.1) is 11.2 Å². The summed E-state index contributed by atoms with van der Waals surface area (Å²) in [5.41, 5.74) is 4.49. The molecule has 0 spiro atoms. The third-order valence-corrected chi connectivity index (χ3v) is 3.94. The van der Waals surface area contributed by atoms with Gasteiger partial charge in [-0.3, -0.25) is 14.5 Å². The van der Waals surface area contributed by atoms with Crippen molar-refractivity contribution in [2.45, 2.75) is 12.8 Å². The summed E-state index contributed by atoms with van der Waals surface area (Å²) in [5.74, 6) is -1.45. The molecule has 23 heavy (non-hydrogen) atoms. The van der Waals surface area contributed by atoms with Gasteiger partial charge in [-0.2, -0.15) is 4.98 Å². The van der Waals surface area contributed by atoms with Gasteiger partial charge < -0.3 is 5.73 Å². The number of nitrogens with two attached hydrogens (primary N) is 1. The molecule has 0 aliphatic heterocycles. The van der Waals surface area contributed by atoms with Crippen LogP contribution in [-0.4, -0.2) is 21.8 Å². The third kappa shape index (κ3) is 2.75. The first kappa shape index (κ1) is 15.4. The zero-order valence-electron chi connectivity index (χ0n) is 11.9. The minimum atomic E-state index is -1.24. The van der Waals surface area contributed by atoms with E-state index in [0.717, 1.165) is 0 Å². The van der Waals surface area contributed by atoms with Crippen LogP contribution in [0.3, 0.4) is 0 Å². The number of anilines is 2. The van der Waals surface area contributed by atoms with Crippen molar-refractivity contribution in [2.75, 3.05) is 4.90 Å². The van der Waals surface area contributed by atoms with Crippen LogP contribution in [-0.2, 0) is 9.59 Å². The van der Waals surface area contributed by atoms with E-state index in [-0.39, 0.29) is 11.1 Å². The van der Waals surface area contributed by atoms with Gasteiger partial charge in [0.1, 0.15) is 17.1 Å². The van der Waals surface area contributed by atoms with Gasteiger partial charge in [-0.1, -0.05) is 0 Å². The molecule has 3 rings (SSSR count). The molecular weight excluding hydrogens is 323 g/mol. The van der Waals surface area contributed by atoms with Crippen LogP contribution in [0.2, 0.25) is 5.28 Å². The van der Waals surface area contributed by atoms with E-state index < -0.39 is 23.0 Å². The fraction of sp³-hybridized carbons (Fsp3) is 0.200. The van der Waals surface area contributed by atoms with Crippen molar-refractivity contribution < 1.29 is 14.0 Å². The lowest BCUT2D eigenvalue weighted by molar-refractivity contribution is -0.133. The van der Waals surface area contributed by atoms with Gasteiger partial charge >= 0.3 is 0 Å². The second-order valence-corrected chi connectivity index (χ2v) is 5.59. The lowest BCUT2D eigenvalue weighted by Gasteiger charge is -2.25. The smallest absolute Gasteiger partial charge is 0.248 e. The lowest BCUT2D eigenvalue weighted by atomic mass is 10.0. The summed E-state index contributed by atoms with van der Waals surface area (Å²) in [5, 5.41) is -0.0497. The Morgan fingerprint density at radius 1 is 1.22 bits per heavy atom. The second-order valence-electron chi connectivity index (χ2n) is 5.25. The molecule has 0 radical (unpaired) electrons. The van der Waals surface area contributed by atoms with Gasteiger partial charge in [-0.15, -0.1) is 0 Å². The van der Waals surface area contributed by atoms with E-state index in [9.17, 15) is 14.0 Å². The first-order valence-corrected chi connectivity index (χ1v) is 7.20. The topological polar surface area (TPSA) is 89.2 Å². The van der Waals surface area contributed by atoms with E-state index >= 15 is 0 Å². The molecule has 0 bridgehead atoms. The number of carbonyl (C=O) groups excluding carboxylic acids is 2. The number of aromatic nitrogens is 2. The molecule has 2 N–H and O–H groups in total. The normalized spacial score (nSPS) is 15.0. The van der Waals surface area contributed by atoms with E-state index in [2.05, 4.69) is 9.97 Å². The van der Waals surface area contributed by atoms with E-state index in [1.165, 1.54) is 41.4 Å². The molecule has 1 heterocycles. The molecule has 8 heteroatoms. The van der Waals surface area contributed by atoms with E-state index in [1.807, 2.05) is 0 Å². The molecule has 2 amide bonds. The molecule has 1 saturated carbocycles. The van der Waals surface area contributed by atoms with Crippen molar-refractivity contribution in [1.82, 2.24) is 9.97 Å². The average Bonchev–Trinajstić information content (AvgIpc) is 3.31. The maximum Gasteiger partial charge on any atom is 0.248 e. The average molecular weight is 335 g/mol. The van der Waals surface area contributed by atoms with Gasteiger partial charge in [0, 0.05) is 6.20 Å². The molecular formula is C15H12ClFN4O2. The fourth-order valence-electron chi connectivity index (χ4n) is 2.30. The highest BCUT2D eigenvalue weighted by atomic mass is 35.5. The summed E-state index contributed by atoms with van der Waals surface area (Å²) in [6.07, 6.45) is 2.13. The predicted octanol–water partition coefficient (Wildman–Crippen LogP) is 2.20. The number of halogens is 2. The summed E-state index contributed by atoms with van der Waals surface area (Å²) in [4.78, 5) is 33.6. The first-order chi connectivity index (χ1) is 10.9. The quantitative estimate of drug-likeness (QED) is 0.685. The van der Waals surface area contributed by atoms with Crippen molar-refractivity contribution in [2.24, 2.45) is 11.1 Å². The van der Waals surface area contributed by atoms with Crippen molar-refractivity contribution in [1.29, 1.82) is 0 Å². The summed E-state index contributed by atoms with van der Waals surface area (Å²) >= 11 is 5.79. The van der Waals surface area contributed by atoms with Crippen LogP contribution in [0.25, 0.3) is 0 Å². The Labute approximate surface area is 136 Å². The number of benzene rings is 1. The van der Waals surface area contributed by atoms with E-state index in [1.54, 1.807) is 0 Å². The number of hydrogen-bond donors (Lipinski definition) is 1. The Morgan fingerprint density at radius 2 is 1.87 bits per heavy atom. The monoisotopic (exact) mass is 334 g/mol. The molecule has 2 aromatic rings. The maximum absolute atomic E-state index is 13.2. The summed E-state index contributed by atoms with van der Waals surface area (Å²) in [6, 6.07) is 6.73. The first-order valence-electron chi connectivity index (χ1n) is 6.83. The molecule has 1 aliphatic rings. The zero-order valence-corrected chi connectivity index (χ0v) is 12.6. The van der Waals surface area contributed by atoms with E-state index in [0.29, 0.717) is 18.5 Å². The van der Waals surface area contributed by atoms with Crippen LogP contribution in [0.5, 0.6) is 0 Å². The van der Waals surface area contributed by atoms with Gasteiger partial charge in [0.25, 0.3) is 0 Å². The van der Waals surface area contributed by atoms with Crippen molar-refractivity contribution in [3.63, 3.8) is 0 Å². The number of amides is 2. The molecule has 0 atom stereocenters. The molecule has 1 aromatic carbocycles. The van der Waals surface area contributed by atoms with Crippen molar-refractivity contribution >= 4 is 34.9 Å².